The molecule has 7 heteroatoms. The monoisotopic (exact) mass is 346 g/mol. The van der Waals surface area contributed by atoms with Crippen LogP contribution >= 0.6 is 0 Å². The number of carbonyl (C=O) groups excluding carboxylic acids is 1. The largest absolute Gasteiger partial charge is 0.481 e. The van der Waals surface area contributed by atoms with Crippen LogP contribution in [0.4, 0.5) is 5.69 Å². The summed E-state index contributed by atoms with van der Waals surface area (Å²) in [5.74, 6) is -0.822. The topological polar surface area (TPSA) is 102 Å². The van der Waals surface area contributed by atoms with Crippen molar-refractivity contribution in [3.8, 4) is 0 Å². The van der Waals surface area contributed by atoms with Gasteiger partial charge in [-0.15, -0.1) is 0 Å². The Kier molecular flexibility index (Phi) is 7.52. The Bertz CT molecular complexity index is 728. The average molecular weight is 346 g/mol. The van der Waals surface area contributed by atoms with Gasteiger partial charge in [-0.2, -0.15) is 0 Å². The third-order valence-corrected chi connectivity index (χ3v) is 3.57. The Morgan fingerprint density at radius 2 is 1.80 bits per heavy atom. The number of benzene rings is 1. The predicted octanol–water partition coefficient (Wildman–Crippen LogP) is 3.73. The summed E-state index contributed by atoms with van der Waals surface area (Å²) in [6.07, 6.45) is 3.89. The SMILES string of the molecule is CCCCC(=O)O.Cc1ccn(C)c1C(=O)c1ccc([N+](=O)[O-])cc1. The first-order chi connectivity index (χ1) is 11.8. The zero-order valence-corrected chi connectivity index (χ0v) is 14.6. The number of hydrogen-bond donors (Lipinski definition) is 1. The van der Waals surface area contributed by atoms with Gasteiger partial charge in [-0.25, -0.2) is 0 Å². The minimum Gasteiger partial charge on any atom is -0.481 e. The highest BCUT2D eigenvalue weighted by Gasteiger charge is 2.16. The van der Waals surface area contributed by atoms with Crippen molar-refractivity contribution in [2.75, 3.05) is 0 Å². The molecule has 7 nitrogen and oxygen atoms in total. The van der Waals surface area contributed by atoms with E-state index in [0.29, 0.717) is 17.7 Å². The molecule has 2 rings (SSSR count). The fourth-order valence-electron chi connectivity index (χ4n) is 2.19. The third kappa shape index (κ3) is 5.87. The average Bonchev–Trinajstić information content (AvgIpc) is 2.91. The van der Waals surface area contributed by atoms with E-state index in [0.717, 1.165) is 18.4 Å². The number of aryl methyl sites for hydroxylation is 2. The second-order valence-electron chi connectivity index (χ2n) is 5.59. The van der Waals surface area contributed by atoms with Crippen LogP contribution in [0.2, 0.25) is 0 Å². The lowest BCUT2D eigenvalue weighted by atomic mass is 10.1. The van der Waals surface area contributed by atoms with Crippen molar-refractivity contribution in [2.45, 2.75) is 33.1 Å². The lowest BCUT2D eigenvalue weighted by Gasteiger charge is -2.04. The van der Waals surface area contributed by atoms with E-state index in [-0.39, 0.29) is 11.5 Å². The number of carbonyl (C=O) groups is 2. The van der Waals surface area contributed by atoms with E-state index in [2.05, 4.69) is 0 Å². The molecular formula is C18H22N2O5. The maximum Gasteiger partial charge on any atom is 0.303 e. The molecule has 0 spiro atoms. The van der Waals surface area contributed by atoms with Crippen molar-refractivity contribution >= 4 is 17.4 Å². The van der Waals surface area contributed by atoms with Gasteiger partial charge in [-0.1, -0.05) is 13.3 Å². The van der Waals surface area contributed by atoms with Crippen LogP contribution in [0.15, 0.2) is 36.5 Å². The molecule has 25 heavy (non-hydrogen) atoms. The second-order valence-corrected chi connectivity index (χ2v) is 5.59. The molecule has 0 bridgehead atoms. The van der Waals surface area contributed by atoms with Crippen LogP contribution < -0.4 is 0 Å². The predicted molar refractivity (Wildman–Crippen MR) is 93.8 cm³/mol. The van der Waals surface area contributed by atoms with Gasteiger partial charge in [-0.3, -0.25) is 19.7 Å². The van der Waals surface area contributed by atoms with Crippen molar-refractivity contribution in [1.29, 1.82) is 0 Å². The summed E-state index contributed by atoms with van der Waals surface area (Å²) in [6, 6.07) is 7.50. The fraction of sp³-hybridized carbons (Fsp3) is 0.333. The number of rotatable bonds is 6. The number of unbranched alkanes of at least 4 members (excludes halogenated alkanes) is 1. The number of hydrogen-bond acceptors (Lipinski definition) is 4. The Morgan fingerprint density at radius 1 is 1.20 bits per heavy atom. The van der Waals surface area contributed by atoms with Crippen molar-refractivity contribution in [3.63, 3.8) is 0 Å². The number of aromatic nitrogens is 1. The summed E-state index contributed by atoms with van der Waals surface area (Å²) in [6.45, 7) is 3.83. The first-order valence-corrected chi connectivity index (χ1v) is 7.90. The van der Waals surface area contributed by atoms with E-state index in [9.17, 15) is 19.7 Å². The van der Waals surface area contributed by atoms with Gasteiger partial charge in [-0.05, 0) is 37.1 Å². The molecule has 0 aliphatic rings. The van der Waals surface area contributed by atoms with E-state index in [1.165, 1.54) is 24.3 Å². The van der Waals surface area contributed by atoms with Gasteiger partial charge in [0.2, 0.25) is 5.78 Å². The third-order valence-electron chi connectivity index (χ3n) is 3.57. The summed E-state index contributed by atoms with van der Waals surface area (Å²) in [7, 11) is 1.80. The minimum absolute atomic E-state index is 0.0184. The summed E-state index contributed by atoms with van der Waals surface area (Å²) in [5.41, 5.74) is 1.92. The van der Waals surface area contributed by atoms with Gasteiger partial charge in [0.15, 0.2) is 0 Å². The fourth-order valence-corrected chi connectivity index (χ4v) is 2.19. The lowest BCUT2D eigenvalue weighted by molar-refractivity contribution is -0.384. The van der Waals surface area contributed by atoms with E-state index >= 15 is 0 Å². The van der Waals surface area contributed by atoms with Gasteiger partial charge < -0.3 is 9.67 Å². The molecule has 0 atom stereocenters. The molecule has 0 fully saturated rings. The second kappa shape index (κ2) is 9.36. The summed E-state index contributed by atoms with van der Waals surface area (Å²) in [4.78, 5) is 32.0. The Morgan fingerprint density at radius 3 is 2.16 bits per heavy atom. The molecule has 1 aromatic carbocycles. The molecule has 1 aromatic heterocycles. The Hall–Kier alpha value is -2.96. The first-order valence-electron chi connectivity index (χ1n) is 7.90. The van der Waals surface area contributed by atoms with Crippen LogP contribution in [-0.4, -0.2) is 26.3 Å². The number of nitro benzene ring substituents is 1. The summed E-state index contributed by atoms with van der Waals surface area (Å²) in [5, 5.41) is 18.6. The highest BCUT2D eigenvalue weighted by atomic mass is 16.6. The summed E-state index contributed by atoms with van der Waals surface area (Å²) < 4.78 is 1.75. The molecule has 0 saturated carbocycles. The summed E-state index contributed by atoms with van der Waals surface area (Å²) >= 11 is 0. The molecular weight excluding hydrogens is 324 g/mol. The maximum atomic E-state index is 12.2. The number of carboxylic acids is 1. The van der Waals surface area contributed by atoms with Crippen LogP contribution in [0.3, 0.4) is 0 Å². The molecule has 0 amide bonds. The van der Waals surface area contributed by atoms with Crippen molar-refractivity contribution in [1.82, 2.24) is 4.57 Å². The molecule has 2 aromatic rings. The molecule has 0 saturated heterocycles. The lowest BCUT2D eigenvalue weighted by Crippen LogP contribution is -2.08. The zero-order valence-electron chi connectivity index (χ0n) is 14.6. The van der Waals surface area contributed by atoms with E-state index in [1.54, 1.807) is 11.6 Å². The van der Waals surface area contributed by atoms with Crippen LogP contribution in [0.25, 0.3) is 0 Å². The number of aliphatic carboxylic acids is 1. The zero-order chi connectivity index (χ0) is 19.0. The van der Waals surface area contributed by atoms with Crippen LogP contribution in [0.5, 0.6) is 0 Å². The number of nitrogens with zero attached hydrogens (tertiary/aromatic N) is 2. The highest BCUT2D eigenvalue weighted by Crippen LogP contribution is 2.17. The first kappa shape index (κ1) is 20.1. The molecule has 0 aliphatic carbocycles. The standard InChI is InChI=1S/C13H12N2O3.C5H10O2/c1-9-7-8-14(2)12(9)13(16)10-3-5-11(6-4-10)15(17)18;1-2-3-4-5(6)7/h3-8H,1-2H3;2-4H2,1H3,(H,6,7). The number of ketones is 1. The maximum absolute atomic E-state index is 12.2. The highest BCUT2D eigenvalue weighted by molar-refractivity contribution is 6.08. The molecule has 1 heterocycles. The van der Waals surface area contributed by atoms with Crippen molar-refractivity contribution in [3.05, 3.63) is 63.5 Å². The van der Waals surface area contributed by atoms with E-state index < -0.39 is 10.9 Å². The molecule has 0 radical (unpaired) electrons. The van der Waals surface area contributed by atoms with Crippen LogP contribution in [0, 0.1) is 17.0 Å². The number of carboxylic acid groups (broad SMARTS) is 1. The molecule has 0 unspecified atom stereocenters. The van der Waals surface area contributed by atoms with E-state index in [4.69, 9.17) is 5.11 Å². The Labute approximate surface area is 146 Å². The molecule has 1 N–H and O–H groups in total. The Balaban J connectivity index is 0.000000381. The quantitative estimate of drug-likeness (QED) is 0.488. The smallest absolute Gasteiger partial charge is 0.303 e. The van der Waals surface area contributed by atoms with Gasteiger partial charge in [0.05, 0.1) is 10.6 Å². The number of nitro groups is 1. The van der Waals surface area contributed by atoms with Gasteiger partial charge in [0.1, 0.15) is 0 Å². The number of non-ortho nitro benzene ring substituents is 1. The van der Waals surface area contributed by atoms with Crippen LogP contribution in [-0.2, 0) is 11.8 Å². The molecule has 134 valence electrons. The van der Waals surface area contributed by atoms with Gasteiger partial charge in [0.25, 0.3) is 5.69 Å². The van der Waals surface area contributed by atoms with Crippen molar-refractivity contribution < 1.29 is 19.6 Å². The normalized spacial score (nSPS) is 9.88. The van der Waals surface area contributed by atoms with Crippen molar-refractivity contribution in [2.24, 2.45) is 7.05 Å². The van der Waals surface area contributed by atoms with Gasteiger partial charge >= 0.3 is 5.97 Å². The van der Waals surface area contributed by atoms with Crippen LogP contribution in [0.1, 0.15) is 47.8 Å². The molecule has 0 aliphatic heterocycles. The van der Waals surface area contributed by atoms with Gasteiger partial charge in [0, 0.05) is 37.4 Å². The minimum atomic E-state index is -0.693. The van der Waals surface area contributed by atoms with E-state index in [1.807, 2.05) is 26.1 Å².